The summed E-state index contributed by atoms with van der Waals surface area (Å²) in [5.74, 6) is -0.323. The van der Waals surface area contributed by atoms with Crippen LogP contribution in [0.5, 0.6) is 0 Å². The molecular weight excluding hydrogens is 237 g/mol. The van der Waals surface area contributed by atoms with Crippen molar-refractivity contribution in [1.29, 1.82) is 0 Å². The first kappa shape index (κ1) is 8.44. The zero-order valence-electron chi connectivity index (χ0n) is 6.50. The molecule has 0 fully saturated rings. The molecule has 0 saturated carbocycles. The minimum absolute atomic E-state index is 0.323. The van der Waals surface area contributed by atoms with Gasteiger partial charge in [-0.15, -0.1) is 0 Å². The molecule has 13 heavy (non-hydrogen) atoms. The quantitative estimate of drug-likeness (QED) is 0.514. The Morgan fingerprint density at radius 1 is 1.31 bits per heavy atom. The summed E-state index contributed by atoms with van der Waals surface area (Å²) in [6, 6.07) is 4.55. The molecule has 1 aromatic carbocycles. The molecule has 2 rings (SSSR count). The van der Waals surface area contributed by atoms with Gasteiger partial charge in [0.25, 0.3) is 0 Å². The normalized spacial score (nSPS) is 10.6. The highest BCUT2D eigenvalue weighted by Gasteiger charge is 2.03. The highest BCUT2D eigenvalue weighted by Crippen LogP contribution is 2.21. The summed E-state index contributed by atoms with van der Waals surface area (Å²) in [6.45, 7) is 0. The highest BCUT2D eigenvalue weighted by atomic mass is 79.9. The van der Waals surface area contributed by atoms with Crippen LogP contribution in [0.3, 0.4) is 0 Å². The Bertz CT molecular complexity index is 472. The lowest BCUT2D eigenvalue weighted by Crippen LogP contribution is -2.23. The third-order valence-electron chi connectivity index (χ3n) is 1.79. The van der Waals surface area contributed by atoms with E-state index in [1.165, 1.54) is 18.5 Å². The van der Waals surface area contributed by atoms with E-state index in [2.05, 4.69) is 15.9 Å². The molecule has 0 aliphatic carbocycles. The minimum Gasteiger partial charge on any atom is -0.619 e. The highest BCUT2D eigenvalue weighted by molar-refractivity contribution is 9.10. The number of benzene rings is 1. The predicted octanol–water partition coefficient (Wildman–Crippen LogP) is 2.37. The van der Waals surface area contributed by atoms with Gasteiger partial charge >= 0.3 is 0 Å². The lowest BCUT2D eigenvalue weighted by Gasteiger charge is -2.00. The molecule has 2 nitrogen and oxygen atoms in total. The van der Waals surface area contributed by atoms with E-state index in [1.54, 1.807) is 12.1 Å². The summed E-state index contributed by atoms with van der Waals surface area (Å²) in [7, 11) is 0. The zero-order valence-corrected chi connectivity index (χ0v) is 8.08. The molecule has 0 aliphatic rings. The maximum Gasteiger partial charge on any atom is 0.188 e. The average molecular weight is 242 g/mol. The van der Waals surface area contributed by atoms with Gasteiger partial charge < -0.3 is 5.21 Å². The van der Waals surface area contributed by atoms with E-state index in [4.69, 9.17) is 0 Å². The van der Waals surface area contributed by atoms with Gasteiger partial charge in [0, 0.05) is 11.5 Å². The number of nitrogens with zero attached hydrogens (tertiary/aromatic N) is 1. The van der Waals surface area contributed by atoms with Gasteiger partial charge in [-0.05, 0) is 33.4 Å². The van der Waals surface area contributed by atoms with Crippen molar-refractivity contribution in [1.82, 2.24) is 0 Å². The Hall–Kier alpha value is -1.16. The topological polar surface area (TPSA) is 26.9 Å². The van der Waals surface area contributed by atoms with Crippen LogP contribution in [0.15, 0.2) is 35.1 Å². The van der Waals surface area contributed by atoms with Gasteiger partial charge in [0.05, 0.1) is 4.47 Å². The molecule has 0 aliphatic heterocycles. The second-order valence-corrected chi connectivity index (χ2v) is 3.55. The van der Waals surface area contributed by atoms with E-state index < -0.39 is 0 Å². The Morgan fingerprint density at radius 2 is 2.08 bits per heavy atom. The van der Waals surface area contributed by atoms with Crippen LogP contribution in [0, 0.1) is 11.0 Å². The second-order valence-electron chi connectivity index (χ2n) is 2.70. The Labute approximate surface area is 82.3 Å². The van der Waals surface area contributed by atoms with Crippen LogP contribution >= 0.6 is 15.9 Å². The number of halogens is 2. The summed E-state index contributed by atoms with van der Waals surface area (Å²) >= 11 is 3.05. The van der Waals surface area contributed by atoms with Crippen LogP contribution in [0.1, 0.15) is 0 Å². The van der Waals surface area contributed by atoms with Crippen LogP contribution in [-0.2, 0) is 0 Å². The smallest absolute Gasteiger partial charge is 0.188 e. The Balaban J connectivity index is 2.81. The lowest BCUT2D eigenvalue weighted by atomic mass is 10.2. The summed E-state index contributed by atoms with van der Waals surface area (Å²) < 4.78 is 14.1. The third-order valence-corrected chi connectivity index (χ3v) is 2.40. The molecule has 2 aromatic rings. The SMILES string of the molecule is [O-][n+]1ccc2cc(F)c(Br)cc2c1. The maximum atomic E-state index is 13.0. The van der Waals surface area contributed by atoms with Gasteiger partial charge in [-0.3, -0.25) is 0 Å². The largest absolute Gasteiger partial charge is 0.619 e. The van der Waals surface area contributed by atoms with Gasteiger partial charge in [-0.25, -0.2) is 4.39 Å². The Kier molecular flexibility index (Phi) is 1.92. The van der Waals surface area contributed by atoms with E-state index in [1.807, 2.05) is 0 Å². The van der Waals surface area contributed by atoms with Crippen molar-refractivity contribution in [2.24, 2.45) is 0 Å². The number of aromatic nitrogens is 1. The van der Waals surface area contributed by atoms with Crippen molar-refractivity contribution in [2.75, 3.05) is 0 Å². The van der Waals surface area contributed by atoms with E-state index in [9.17, 15) is 9.60 Å². The molecule has 0 amide bonds. The first-order chi connectivity index (χ1) is 6.16. The molecule has 1 aromatic heterocycles. The van der Waals surface area contributed by atoms with Crippen LogP contribution in [0.2, 0.25) is 0 Å². The molecular formula is C9H5BrFNO. The van der Waals surface area contributed by atoms with Crippen molar-refractivity contribution in [3.63, 3.8) is 0 Å². The van der Waals surface area contributed by atoms with Crippen molar-refractivity contribution in [3.8, 4) is 0 Å². The Morgan fingerprint density at radius 3 is 2.85 bits per heavy atom. The third kappa shape index (κ3) is 1.49. The van der Waals surface area contributed by atoms with Gasteiger partial charge in [0.15, 0.2) is 12.4 Å². The number of rotatable bonds is 0. The van der Waals surface area contributed by atoms with Crippen LogP contribution in [0.4, 0.5) is 4.39 Å². The zero-order chi connectivity index (χ0) is 9.42. The van der Waals surface area contributed by atoms with E-state index >= 15 is 0 Å². The molecule has 0 N–H and O–H groups in total. The van der Waals surface area contributed by atoms with Gasteiger partial charge in [-0.2, -0.15) is 4.73 Å². The molecule has 0 unspecified atom stereocenters. The second kappa shape index (κ2) is 2.96. The molecule has 0 saturated heterocycles. The summed E-state index contributed by atoms with van der Waals surface area (Å²) in [5.41, 5.74) is 0. The van der Waals surface area contributed by atoms with Crippen molar-refractivity contribution in [2.45, 2.75) is 0 Å². The summed E-state index contributed by atoms with van der Waals surface area (Å²) in [6.07, 6.45) is 2.75. The standard InChI is InChI=1S/C9H5BrFNO/c10-8-3-7-5-12(13)2-1-6(7)4-9(8)11/h1-5H. The van der Waals surface area contributed by atoms with Crippen LogP contribution in [-0.4, -0.2) is 0 Å². The fourth-order valence-corrected chi connectivity index (χ4v) is 1.53. The summed E-state index contributed by atoms with van der Waals surface area (Å²) in [4.78, 5) is 0. The summed E-state index contributed by atoms with van der Waals surface area (Å²) in [5, 5.41) is 12.3. The first-order valence-corrected chi connectivity index (χ1v) is 4.44. The van der Waals surface area contributed by atoms with Gasteiger partial charge in [-0.1, -0.05) is 0 Å². The number of pyridine rings is 1. The molecule has 0 atom stereocenters. The molecule has 0 spiro atoms. The molecule has 0 bridgehead atoms. The van der Waals surface area contributed by atoms with Crippen LogP contribution < -0.4 is 4.73 Å². The monoisotopic (exact) mass is 241 g/mol. The van der Waals surface area contributed by atoms with E-state index in [0.717, 1.165) is 0 Å². The fraction of sp³-hybridized carbons (Fsp3) is 0. The average Bonchev–Trinajstić information content (AvgIpc) is 2.08. The molecule has 1 heterocycles. The van der Waals surface area contributed by atoms with Crippen molar-refractivity contribution < 1.29 is 9.12 Å². The van der Waals surface area contributed by atoms with E-state index in [-0.39, 0.29) is 5.82 Å². The minimum atomic E-state index is -0.323. The van der Waals surface area contributed by atoms with Gasteiger partial charge in [0.2, 0.25) is 0 Å². The van der Waals surface area contributed by atoms with E-state index in [0.29, 0.717) is 20.0 Å². The van der Waals surface area contributed by atoms with Crippen molar-refractivity contribution >= 4 is 26.7 Å². The van der Waals surface area contributed by atoms with Crippen LogP contribution in [0.25, 0.3) is 10.8 Å². The molecule has 0 radical (unpaired) electrons. The number of hydrogen-bond acceptors (Lipinski definition) is 1. The van der Waals surface area contributed by atoms with Crippen molar-refractivity contribution in [3.05, 3.63) is 46.1 Å². The lowest BCUT2D eigenvalue weighted by molar-refractivity contribution is -0.603. The maximum absolute atomic E-state index is 13.0. The number of hydrogen-bond donors (Lipinski definition) is 0. The molecule has 66 valence electrons. The first-order valence-electron chi connectivity index (χ1n) is 3.64. The fourth-order valence-electron chi connectivity index (χ4n) is 1.17. The molecule has 4 heteroatoms. The number of fused-ring (bicyclic) bond motifs is 1. The predicted molar refractivity (Wildman–Crippen MR) is 50.6 cm³/mol. The van der Waals surface area contributed by atoms with Gasteiger partial charge in [0.1, 0.15) is 5.82 Å².